The number of ether oxygens (including phenoxy) is 1. The van der Waals surface area contributed by atoms with Crippen LogP contribution in [0.1, 0.15) is 5.56 Å². The minimum Gasteiger partial charge on any atom is -0.495 e. The van der Waals surface area contributed by atoms with Gasteiger partial charge in [0, 0.05) is 39.8 Å². The molecule has 0 N–H and O–H groups in total. The summed E-state index contributed by atoms with van der Waals surface area (Å²) < 4.78 is 31.7. The number of benzene rings is 2. The van der Waals surface area contributed by atoms with E-state index in [0.717, 1.165) is 23.9 Å². The first-order valence-corrected chi connectivity index (χ1v) is 11.5. The summed E-state index contributed by atoms with van der Waals surface area (Å²) in [6.45, 7) is 3.29. The second kappa shape index (κ2) is 9.78. The second-order valence-corrected chi connectivity index (χ2v) is 9.65. The molecule has 2 aromatic carbocycles. The lowest BCUT2D eigenvalue weighted by atomic mass is 10.2. The SMILES string of the molecule is COc1ccc(S(=O)(=O)N(C)CC(=O)N2CCN(Cc3ccccc3)CC2)cc1Cl. The number of hydrogen-bond acceptors (Lipinski definition) is 5. The molecule has 3 rings (SSSR count). The molecule has 2 aromatic rings. The number of halogens is 1. The van der Waals surface area contributed by atoms with Gasteiger partial charge in [0.1, 0.15) is 5.75 Å². The van der Waals surface area contributed by atoms with E-state index in [1.54, 1.807) is 4.90 Å². The molecule has 1 aliphatic heterocycles. The lowest BCUT2D eigenvalue weighted by Gasteiger charge is -2.35. The minimum absolute atomic E-state index is 0.0243. The maximum absolute atomic E-state index is 12.8. The van der Waals surface area contributed by atoms with Crippen molar-refractivity contribution in [3.8, 4) is 5.75 Å². The molecule has 0 aromatic heterocycles. The summed E-state index contributed by atoms with van der Waals surface area (Å²) in [6, 6.07) is 14.4. The maximum Gasteiger partial charge on any atom is 0.243 e. The van der Waals surface area contributed by atoms with E-state index in [9.17, 15) is 13.2 Å². The first-order valence-electron chi connectivity index (χ1n) is 9.65. The van der Waals surface area contributed by atoms with Crippen LogP contribution in [0.4, 0.5) is 0 Å². The van der Waals surface area contributed by atoms with Gasteiger partial charge in [-0.25, -0.2) is 8.42 Å². The molecule has 0 unspecified atom stereocenters. The predicted molar refractivity (Wildman–Crippen MR) is 116 cm³/mol. The van der Waals surface area contributed by atoms with Gasteiger partial charge in [-0.15, -0.1) is 0 Å². The molecule has 9 heteroatoms. The Morgan fingerprint density at radius 1 is 1.10 bits per heavy atom. The lowest BCUT2D eigenvalue weighted by Crippen LogP contribution is -2.51. The van der Waals surface area contributed by atoms with Crippen molar-refractivity contribution >= 4 is 27.5 Å². The number of carbonyl (C=O) groups is 1. The molecule has 1 fully saturated rings. The summed E-state index contributed by atoms with van der Waals surface area (Å²) in [5.41, 5.74) is 1.24. The van der Waals surface area contributed by atoms with Gasteiger partial charge in [-0.2, -0.15) is 4.31 Å². The van der Waals surface area contributed by atoms with Crippen molar-refractivity contribution in [2.45, 2.75) is 11.4 Å². The Labute approximate surface area is 182 Å². The molecule has 30 heavy (non-hydrogen) atoms. The molecule has 0 radical (unpaired) electrons. The van der Waals surface area contributed by atoms with Gasteiger partial charge >= 0.3 is 0 Å². The van der Waals surface area contributed by atoms with Crippen LogP contribution in [-0.2, 0) is 21.4 Å². The van der Waals surface area contributed by atoms with Crippen LogP contribution in [0.5, 0.6) is 5.75 Å². The summed E-state index contributed by atoms with van der Waals surface area (Å²) in [4.78, 5) is 16.7. The summed E-state index contributed by atoms with van der Waals surface area (Å²) in [5, 5.41) is 0.202. The van der Waals surface area contributed by atoms with Gasteiger partial charge in [0.2, 0.25) is 15.9 Å². The van der Waals surface area contributed by atoms with E-state index in [1.807, 2.05) is 18.2 Å². The van der Waals surface area contributed by atoms with Crippen LogP contribution in [0.15, 0.2) is 53.4 Å². The zero-order valence-corrected chi connectivity index (χ0v) is 18.7. The van der Waals surface area contributed by atoms with E-state index in [0.29, 0.717) is 18.8 Å². The molecule has 1 saturated heterocycles. The fourth-order valence-corrected chi connectivity index (χ4v) is 4.83. The minimum atomic E-state index is -3.84. The number of likely N-dealkylation sites (N-methyl/N-ethyl adjacent to an activating group) is 1. The number of rotatable bonds is 7. The number of amides is 1. The summed E-state index contributed by atoms with van der Waals surface area (Å²) in [5.74, 6) is 0.183. The van der Waals surface area contributed by atoms with E-state index < -0.39 is 10.0 Å². The zero-order chi connectivity index (χ0) is 21.7. The molecule has 0 atom stereocenters. The van der Waals surface area contributed by atoms with Crippen LogP contribution < -0.4 is 4.74 Å². The van der Waals surface area contributed by atoms with E-state index >= 15 is 0 Å². The highest BCUT2D eigenvalue weighted by molar-refractivity contribution is 7.89. The van der Waals surface area contributed by atoms with Crippen LogP contribution in [0.3, 0.4) is 0 Å². The number of carbonyl (C=O) groups excluding carboxylic acids is 1. The van der Waals surface area contributed by atoms with Crippen molar-refractivity contribution in [1.29, 1.82) is 0 Å². The van der Waals surface area contributed by atoms with Crippen LogP contribution in [0, 0.1) is 0 Å². The molecule has 0 bridgehead atoms. The van der Waals surface area contributed by atoms with Gasteiger partial charge in [-0.3, -0.25) is 9.69 Å². The second-order valence-electron chi connectivity index (χ2n) is 7.20. The van der Waals surface area contributed by atoms with Gasteiger partial charge in [0.05, 0.1) is 23.6 Å². The number of methoxy groups -OCH3 is 1. The molecule has 162 valence electrons. The van der Waals surface area contributed by atoms with Crippen molar-refractivity contribution in [3.63, 3.8) is 0 Å². The summed E-state index contributed by atoms with van der Waals surface area (Å²) in [6.07, 6.45) is 0. The van der Waals surface area contributed by atoms with Crippen molar-refractivity contribution in [2.75, 3.05) is 46.9 Å². The highest BCUT2D eigenvalue weighted by Crippen LogP contribution is 2.28. The molecule has 1 aliphatic rings. The van der Waals surface area contributed by atoms with Gasteiger partial charge in [0.15, 0.2) is 0 Å². The largest absolute Gasteiger partial charge is 0.495 e. The molecular formula is C21H26ClN3O4S. The zero-order valence-electron chi connectivity index (χ0n) is 17.1. The van der Waals surface area contributed by atoms with E-state index in [-0.39, 0.29) is 22.4 Å². The van der Waals surface area contributed by atoms with Gasteiger partial charge in [-0.05, 0) is 23.8 Å². The van der Waals surface area contributed by atoms with Crippen LogP contribution >= 0.6 is 11.6 Å². The third-order valence-corrected chi connectivity index (χ3v) is 7.26. The first kappa shape index (κ1) is 22.6. The standard InChI is InChI=1S/C21H26ClN3O4S/c1-23(30(27,28)18-8-9-20(29-2)19(22)14-18)16-21(26)25-12-10-24(11-13-25)15-17-6-4-3-5-7-17/h3-9,14H,10-13,15-16H2,1-2H3. The van der Waals surface area contributed by atoms with Crippen LogP contribution in [0.25, 0.3) is 0 Å². The Hall–Kier alpha value is -2.13. The Morgan fingerprint density at radius 3 is 2.37 bits per heavy atom. The van der Waals surface area contributed by atoms with Gasteiger partial charge in [-0.1, -0.05) is 41.9 Å². The first-order chi connectivity index (χ1) is 14.3. The molecule has 0 aliphatic carbocycles. The number of piperazine rings is 1. The molecule has 1 heterocycles. The highest BCUT2D eigenvalue weighted by Gasteiger charge is 2.27. The number of nitrogens with zero attached hydrogens (tertiary/aromatic N) is 3. The Morgan fingerprint density at radius 2 is 1.77 bits per heavy atom. The normalized spacial score (nSPS) is 15.4. The molecule has 0 spiro atoms. The van der Waals surface area contributed by atoms with E-state index in [4.69, 9.17) is 16.3 Å². The fraction of sp³-hybridized carbons (Fsp3) is 0.381. The van der Waals surface area contributed by atoms with Crippen molar-refractivity contribution < 1.29 is 17.9 Å². The van der Waals surface area contributed by atoms with Crippen molar-refractivity contribution in [2.24, 2.45) is 0 Å². The van der Waals surface area contributed by atoms with Crippen molar-refractivity contribution in [3.05, 3.63) is 59.1 Å². The molecule has 7 nitrogen and oxygen atoms in total. The lowest BCUT2D eigenvalue weighted by molar-refractivity contribution is -0.133. The van der Waals surface area contributed by atoms with E-state index in [1.165, 1.54) is 37.9 Å². The third kappa shape index (κ3) is 5.31. The average Bonchev–Trinajstić information content (AvgIpc) is 2.74. The number of sulfonamides is 1. The topological polar surface area (TPSA) is 70.2 Å². The summed E-state index contributed by atoms with van der Waals surface area (Å²) >= 11 is 6.05. The molecular weight excluding hydrogens is 426 g/mol. The highest BCUT2D eigenvalue weighted by atomic mass is 35.5. The molecule has 0 saturated carbocycles. The van der Waals surface area contributed by atoms with Crippen molar-refractivity contribution in [1.82, 2.24) is 14.1 Å². The molecule has 1 amide bonds. The average molecular weight is 452 g/mol. The van der Waals surface area contributed by atoms with Gasteiger partial charge < -0.3 is 9.64 Å². The smallest absolute Gasteiger partial charge is 0.243 e. The number of hydrogen-bond donors (Lipinski definition) is 0. The van der Waals surface area contributed by atoms with Crippen LogP contribution in [-0.4, -0.2) is 75.3 Å². The van der Waals surface area contributed by atoms with Crippen LogP contribution in [0.2, 0.25) is 5.02 Å². The monoisotopic (exact) mass is 451 g/mol. The quantitative estimate of drug-likeness (QED) is 0.646. The Kier molecular flexibility index (Phi) is 7.36. The Balaban J connectivity index is 1.56. The maximum atomic E-state index is 12.8. The third-order valence-electron chi connectivity index (χ3n) is 5.16. The Bertz CT molecular complexity index is 977. The van der Waals surface area contributed by atoms with Gasteiger partial charge in [0.25, 0.3) is 0 Å². The predicted octanol–water partition coefficient (Wildman–Crippen LogP) is 2.31. The summed E-state index contributed by atoms with van der Waals surface area (Å²) in [7, 11) is -0.978. The fourth-order valence-electron chi connectivity index (χ4n) is 3.36. The van der Waals surface area contributed by atoms with E-state index in [2.05, 4.69) is 17.0 Å².